The fourth-order valence-electron chi connectivity index (χ4n) is 4.63. The molecule has 21 heavy (non-hydrogen) atoms. The summed E-state index contributed by atoms with van der Waals surface area (Å²) in [7, 11) is 0. The van der Waals surface area contributed by atoms with Crippen molar-refractivity contribution >= 4 is 5.69 Å². The predicted molar refractivity (Wildman–Crippen MR) is 85.8 cm³/mol. The van der Waals surface area contributed by atoms with Crippen LogP contribution in [0.25, 0.3) is 0 Å². The van der Waals surface area contributed by atoms with Crippen molar-refractivity contribution in [2.45, 2.75) is 57.5 Å². The molecule has 2 aromatic rings. The lowest BCUT2D eigenvalue weighted by atomic mass is 9.57. The zero-order valence-corrected chi connectivity index (χ0v) is 13.3. The normalized spacial score (nSPS) is 34.1. The van der Waals surface area contributed by atoms with E-state index in [1.165, 1.54) is 35.2 Å². The van der Waals surface area contributed by atoms with Crippen LogP contribution in [0.15, 0.2) is 41.2 Å². The second kappa shape index (κ2) is 3.94. The van der Waals surface area contributed by atoms with Crippen molar-refractivity contribution in [2.24, 2.45) is 0 Å². The second-order valence-corrected chi connectivity index (χ2v) is 7.22. The van der Waals surface area contributed by atoms with Gasteiger partial charge in [0.1, 0.15) is 0 Å². The lowest BCUT2D eigenvalue weighted by molar-refractivity contribution is 0.167. The van der Waals surface area contributed by atoms with Gasteiger partial charge in [-0.1, -0.05) is 25.1 Å². The highest BCUT2D eigenvalue weighted by atomic mass is 16.3. The summed E-state index contributed by atoms with van der Waals surface area (Å²) in [5, 5.41) is 0. The molecular weight excluding hydrogens is 258 g/mol. The number of nitrogens with zero attached hydrogens (tertiary/aromatic N) is 1. The number of hydrogen-bond acceptors (Lipinski definition) is 2. The maximum absolute atomic E-state index is 5.61. The van der Waals surface area contributed by atoms with Gasteiger partial charge >= 0.3 is 0 Å². The number of piperidine rings is 1. The van der Waals surface area contributed by atoms with E-state index in [9.17, 15) is 0 Å². The first kappa shape index (κ1) is 13.0. The maximum atomic E-state index is 5.61. The molecule has 1 saturated heterocycles. The van der Waals surface area contributed by atoms with Crippen molar-refractivity contribution in [1.82, 2.24) is 0 Å². The first-order valence-corrected chi connectivity index (χ1v) is 7.90. The minimum absolute atomic E-state index is 0.0472. The maximum Gasteiger partial charge on any atom is 0.0961 e. The summed E-state index contributed by atoms with van der Waals surface area (Å²) >= 11 is 0. The molecule has 1 aromatic carbocycles. The fraction of sp³-hybridized carbons (Fsp3) is 0.474. The number of rotatable bonds is 1. The van der Waals surface area contributed by atoms with Gasteiger partial charge in [-0.3, -0.25) is 0 Å². The van der Waals surface area contributed by atoms with Crippen LogP contribution in [0.5, 0.6) is 0 Å². The number of aryl methyl sites for hydroxylation is 1. The summed E-state index contributed by atoms with van der Waals surface area (Å²) in [5.41, 5.74) is 5.76. The van der Waals surface area contributed by atoms with Gasteiger partial charge in [0.2, 0.25) is 0 Å². The molecule has 2 bridgehead atoms. The van der Waals surface area contributed by atoms with Crippen LogP contribution in [0.1, 0.15) is 50.3 Å². The van der Waals surface area contributed by atoms with Crippen LogP contribution < -0.4 is 4.90 Å². The molecule has 2 aliphatic heterocycles. The van der Waals surface area contributed by atoms with Crippen LogP contribution in [0.3, 0.4) is 0 Å². The second-order valence-electron chi connectivity index (χ2n) is 7.22. The summed E-state index contributed by atoms with van der Waals surface area (Å²) < 4.78 is 5.61. The van der Waals surface area contributed by atoms with Gasteiger partial charge in [0.25, 0.3) is 0 Å². The van der Waals surface area contributed by atoms with E-state index in [0.29, 0.717) is 6.04 Å². The van der Waals surface area contributed by atoms with Gasteiger partial charge in [0, 0.05) is 28.3 Å². The molecule has 1 fully saturated rings. The van der Waals surface area contributed by atoms with Crippen LogP contribution in [-0.4, -0.2) is 6.04 Å². The van der Waals surface area contributed by atoms with E-state index < -0.39 is 0 Å². The quantitative estimate of drug-likeness (QED) is 0.749. The molecule has 0 radical (unpaired) electrons. The third-order valence-corrected chi connectivity index (χ3v) is 6.20. The molecule has 3 heterocycles. The molecule has 3 aliphatic rings. The highest BCUT2D eigenvalue weighted by molar-refractivity contribution is 5.63. The van der Waals surface area contributed by atoms with E-state index >= 15 is 0 Å². The van der Waals surface area contributed by atoms with Crippen LogP contribution in [0.4, 0.5) is 5.69 Å². The fourth-order valence-corrected chi connectivity index (χ4v) is 4.63. The molecule has 1 aromatic heterocycles. The van der Waals surface area contributed by atoms with Gasteiger partial charge in [-0.15, -0.1) is 0 Å². The predicted octanol–water partition coefficient (Wildman–Crippen LogP) is 4.76. The lowest BCUT2D eigenvalue weighted by Gasteiger charge is -2.62. The highest BCUT2D eigenvalue weighted by Crippen LogP contribution is 2.58. The Morgan fingerprint density at radius 3 is 2.57 bits per heavy atom. The topological polar surface area (TPSA) is 16.4 Å². The number of benzene rings is 1. The minimum Gasteiger partial charge on any atom is -0.472 e. The average Bonchev–Trinajstić information content (AvgIpc) is 2.96. The van der Waals surface area contributed by atoms with Crippen molar-refractivity contribution < 1.29 is 4.42 Å². The molecule has 2 nitrogen and oxygen atoms in total. The van der Waals surface area contributed by atoms with E-state index in [1.54, 1.807) is 0 Å². The summed E-state index contributed by atoms with van der Waals surface area (Å²) in [6.45, 7) is 9.37. The molecule has 2 heteroatoms. The SMILES string of the molecule is Cc1ccccc1N1[C@@H](C)C2(C)CCC1(C)c1cocc12. The Morgan fingerprint density at radius 1 is 1.10 bits per heavy atom. The van der Waals surface area contributed by atoms with E-state index in [0.717, 1.165) is 0 Å². The number of hydrogen-bond donors (Lipinski definition) is 0. The van der Waals surface area contributed by atoms with Gasteiger partial charge in [0.05, 0.1) is 18.1 Å². The first-order valence-electron chi connectivity index (χ1n) is 7.90. The van der Waals surface area contributed by atoms with E-state index in [2.05, 4.69) is 56.9 Å². The van der Waals surface area contributed by atoms with Crippen LogP contribution in [-0.2, 0) is 11.0 Å². The summed E-state index contributed by atoms with van der Waals surface area (Å²) in [6, 6.07) is 9.23. The third kappa shape index (κ3) is 1.43. The Balaban J connectivity index is 1.97. The zero-order valence-electron chi connectivity index (χ0n) is 13.3. The summed E-state index contributed by atoms with van der Waals surface area (Å²) in [6.07, 6.45) is 6.39. The monoisotopic (exact) mass is 281 g/mol. The van der Waals surface area contributed by atoms with Crippen LogP contribution in [0, 0.1) is 6.92 Å². The molecule has 1 aliphatic carbocycles. The van der Waals surface area contributed by atoms with Crippen molar-refractivity contribution in [1.29, 1.82) is 0 Å². The molecule has 0 saturated carbocycles. The summed E-state index contributed by atoms with van der Waals surface area (Å²) in [4.78, 5) is 2.64. The Bertz CT molecular complexity index is 703. The van der Waals surface area contributed by atoms with Gasteiger partial charge in [-0.2, -0.15) is 0 Å². The molecule has 0 N–H and O–H groups in total. The Hall–Kier alpha value is -1.70. The Kier molecular flexibility index (Phi) is 2.44. The van der Waals surface area contributed by atoms with E-state index in [1.807, 2.05) is 12.5 Å². The number of furan rings is 1. The molecule has 0 amide bonds. The average molecular weight is 281 g/mol. The largest absolute Gasteiger partial charge is 0.472 e. The van der Waals surface area contributed by atoms with Gasteiger partial charge < -0.3 is 9.32 Å². The van der Waals surface area contributed by atoms with Gasteiger partial charge in [0.15, 0.2) is 0 Å². The van der Waals surface area contributed by atoms with Crippen molar-refractivity contribution in [3.8, 4) is 0 Å². The van der Waals surface area contributed by atoms with E-state index in [4.69, 9.17) is 4.42 Å². The van der Waals surface area contributed by atoms with Crippen LogP contribution in [0.2, 0.25) is 0 Å². The molecule has 2 unspecified atom stereocenters. The number of fused-ring (bicyclic) bond motifs is 2. The van der Waals surface area contributed by atoms with E-state index in [-0.39, 0.29) is 11.0 Å². The van der Waals surface area contributed by atoms with Crippen molar-refractivity contribution in [3.63, 3.8) is 0 Å². The number of para-hydroxylation sites is 1. The van der Waals surface area contributed by atoms with Crippen molar-refractivity contribution in [3.05, 3.63) is 53.5 Å². The molecule has 0 spiro atoms. The standard InChI is InChI=1S/C19H23NO/c1-13-7-5-6-8-17(13)20-14(2)18(3)9-10-19(20,4)16-12-21-11-15(16)18/h5-8,11-12,14H,9-10H2,1-4H3/t14-,18?,19?/m0/s1. The summed E-state index contributed by atoms with van der Waals surface area (Å²) in [5.74, 6) is 0. The highest BCUT2D eigenvalue weighted by Gasteiger charge is 2.57. The Morgan fingerprint density at radius 2 is 1.81 bits per heavy atom. The molecule has 110 valence electrons. The molecular formula is C19H23NO. The number of anilines is 1. The molecule has 5 rings (SSSR count). The first-order chi connectivity index (χ1) is 9.98. The van der Waals surface area contributed by atoms with Crippen LogP contribution >= 0.6 is 0 Å². The molecule has 3 atom stereocenters. The van der Waals surface area contributed by atoms with Crippen molar-refractivity contribution in [2.75, 3.05) is 4.90 Å². The lowest BCUT2D eigenvalue weighted by Crippen LogP contribution is -2.65. The zero-order chi connectivity index (χ0) is 14.8. The minimum atomic E-state index is 0.0472. The Labute approximate surface area is 126 Å². The van der Waals surface area contributed by atoms with Gasteiger partial charge in [-0.05, 0) is 45.2 Å². The smallest absolute Gasteiger partial charge is 0.0961 e. The third-order valence-electron chi connectivity index (χ3n) is 6.20. The van der Waals surface area contributed by atoms with Gasteiger partial charge in [-0.25, -0.2) is 0 Å².